The molecule has 0 saturated carbocycles. The van der Waals surface area contributed by atoms with Crippen molar-refractivity contribution in [2.45, 2.75) is 20.0 Å². The smallest absolute Gasteiger partial charge is 0.278 e. The van der Waals surface area contributed by atoms with Crippen LogP contribution in [0.15, 0.2) is 48.2 Å². The van der Waals surface area contributed by atoms with Crippen molar-refractivity contribution in [1.29, 1.82) is 0 Å². The molecule has 2 aromatic carbocycles. The molecule has 166 valence electrons. The first-order valence-corrected chi connectivity index (χ1v) is 9.98. The second-order valence-corrected chi connectivity index (χ2v) is 7.43. The maximum Gasteiger partial charge on any atom is 0.278 e. The van der Waals surface area contributed by atoms with Crippen LogP contribution in [0.25, 0.3) is 5.57 Å². The first kappa shape index (κ1) is 21.3. The Bertz CT molecular complexity index is 1110. The molecule has 2 aliphatic heterocycles. The number of imide groups is 1. The highest BCUT2D eigenvalue weighted by atomic mass is 16.7. The largest absolute Gasteiger partial charge is 0.454 e. The Morgan fingerprint density at radius 3 is 2.50 bits per heavy atom. The number of benzene rings is 2. The molecule has 0 spiro atoms. The van der Waals surface area contributed by atoms with E-state index in [9.17, 15) is 19.7 Å². The summed E-state index contributed by atoms with van der Waals surface area (Å²) in [6.45, 7) is 4.11. The molecule has 2 aliphatic rings. The second kappa shape index (κ2) is 8.67. The van der Waals surface area contributed by atoms with E-state index in [0.717, 1.165) is 4.90 Å². The van der Waals surface area contributed by atoms with Gasteiger partial charge in [0.2, 0.25) is 6.79 Å². The number of nitro benzene ring substituents is 1. The number of hydrogen-bond acceptors (Lipinski definition) is 8. The third kappa shape index (κ3) is 4.12. The van der Waals surface area contributed by atoms with Gasteiger partial charge in [0.05, 0.1) is 29.8 Å². The number of rotatable bonds is 8. The van der Waals surface area contributed by atoms with Crippen molar-refractivity contribution in [3.63, 3.8) is 0 Å². The number of nitrogens with one attached hydrogen (secondary N) is 1. The topological polar surface area (TPSA) is 120 Å². The van der Waals surface area contributed by atoms with Crippen molar-refractivity contribution in [1.82, 2.24) is 4.90 Å². The molecule has 0 unspecified atom stereocenters. The van der Waals surface area contributed by atoms with Gasteiger partial charge in [0, 0.05) is 23.9 Å². The minimum absolute atomic E-state index is 0.0452. The van der Waals surface area contributed by atoms with Gasteiger partial charge >= 0.3 is 0 Å². The fourth-order valence-corrected chi connectivity index (χ4v) is 3.41. The third-order valence-corrected chi connectivity index (χ3v) is 4.94. The molecule has 0 aromatic heterocycles. The fourth-order valence-electron chi connectivity index (χ4n) is 3.41. The number of ether oxygens (including phenoxy) is 3. The van der Waals surface area contributed by atoms with E-state index >= 15 is 0 Å². The Kier molecular flexibility index (Phi) is 5.78. The van der Waals surface area contributed by atoms with Crippen LogP contribution in [0.2, 0.25) is 0 Å². The zero-order valence-electron chi connectivity index (χ0n) is 17.5. The van der Waals surface area contributed by atoms with Crippen LogP contribution in [0, 0.1) is 10.1 Å². The van der Waals surface area contributed by atoms with E-state index in [0.29, 0.717) is 22.7 Å². The molecule has 1 N–H and O–H groups in total. The number of fused-ring (bicyclic) bond motifs is 1. The monoisotopic (exact) mass is 439 g/mol. The van der Waals surface area contributed by atoms with E-state index in [1.54, 1.807) is 18.2 Å². The molecule has 0 fully saturated rings. The van der Waals surface area contributed by atoms with Crippen molar-refractivity contribution in [2.24, 2.45) is 0 Å². The summed E-state index contributed by atoms with van der Waals surface area (Å²) >= 11 is 0. The standard InChI is InChI=1S/C22H21N3O7/c1-13(2)30-10-9-24-21(26)19(14-3-6-16(7-4-14)25(28)29)20(22(24)27)23-15-5-8-17-18(11-15)32-12-31-17/h3-8,11,13,23H,9-10,12H2,1-2H3. The van der Waals surface area contributed by atoms with Crippen LogP contribution in [-0.2, 0) is 14.3 Å². The molecule has 4 rings (SSSR count). The maximum atomic E-state index is 13.2. The lowest BCUT2D eigenvalue weighted by molar-refractivity contribution is -0.384. The quantitative estimate of drug-likeness (QED) is 0.379. The number of nitro groups is 1. The highest BCUT2D eigenvalue weighted by Crippen LogP contribution is 2.36. The minimum atomic E-state index is -0.527. The zero-order chi connectivity index (χ0) is 22.8. The van der Waals surface area contributed by atoms with Crippen molar-refractivity contribution < 1.29 is 28.7 Å². The van der Waals surface area contributed by atoms with Gasteiger partial charge < -0.3 is 19.5 Å². The maximum absolute atomic E-state index is 13.2. The van der Waals surface area contributed by atoms with Gasteiger partial charge in [0.25, 0.3) is 17.5 Å². The fraction of sp³-hybridized carbons (Fsp3) is 0.273. The molecule has 2 heterocycles. The van der Waals surface area contributed by atoms with Crippen LogP contribution < -0.4 is 14.8 Å². The first-order chi connectivity index (χ1) is 15.3. The normalized spacial score (nSPS) is 15.2. The van der Waals surface area contributed by atoms with Crippen LogP contribution in [0.1, 0.15) is 19.4 Å². The van der Waals surface area contributed by atoms with Crippen LogP contribution in [0.5, 0.6) is 11.5 Å². The number of nitrogens with zero attached hydrogens (tertiary/aromatic N) is 2. The Morgan fingerprint density at radius 1 is 1.09 bits per heavy atom. The lowest BCUT2D eigenvalue weighted by atomic mass is 10.0. The predicted octanol–water partition coefficient (Wildman–Crippen LogP) is 2.94. The molecule has 0 aliphatic carbocycles. The molecule has 10 heteroatoms. The molecule has 0 bridgehead atoms. The average Bonchev–Trinajstić information content (AvgIpc) is 3.31. The first-order valence-electron chi connectivity index (χ1n) is 9.98. The Balaban J connectivity index is 1.68. The predicted molar refractivity (Wildman–Crippen MR) is 114 cm³/mol. The summed E-state index contributed by atoms with van der Waals surface area (Å²) in [5, 5.41) is 14.0. The highest BCUT2D eigenvalue weighted by molar-refractivity contribution is 6.36. The van der Waals surface area contributed by atoms with Gasteiger partial charge in [-0.05, 0) is 43.7 Å². The average molecular weight is 439 g/mol. The van der Waals surface area contributed by atoms with Crippen LogP contribution in [0.4, 0.5) is 11.4 Å². The van der Waals surface area contributed by atoms with Gasteiger partial charge in [0.1, 0.15) is 5.70 Å². The van der Waals surface area contributed by atoms with Gasteiger partial charge in [-0.25, -0.2) is 0 Å². The summed E-state index contributed by atoms with van der Waals surface area (Å²) in [7, 11) is 0. The SMILES string of the molecule is CC(C)OCCN1C(=O)C(Nc2ccc3c(c2)OCO3)=C(c2ccc([N+](=O)[O-])cc2)C1=O. The Morgan fingerprint density at radius 2 is 1.81 bits per heavy atom. The van der Waals surface area contributed by atoms with E-state index in [1.165, 1.54) is 24.3 Å². The third-order valence-electron chi connectivity index (χ3n) is 4.94. The summed E-state index contributed by atoms with van der Waals surface area (Å²) in [4.78, 5) is 37.9. The Labute approximate surface area is 183 Å². The molecule has 0 saturated heterocycles. The summed E-state index contributed by atoms with van der Waals surface area (Å²) in [6.07, 6.45) is -0.0452. The van der Waals surface area contributed by atoms with Gasteiger partial charge in [-0.2, -0.15) is 0 Å². The molecular formula is C22H21N3O7. The van der Waals surface area contributed by atoms with Crippen LogP contribution >= 0.6 is 0 Å². The Hall–Kier alpha value is -3.92. The van der Waals surface area contributed by atoms with E-state index in [4.69, 9.17) is 14.2 Å². The molecular weight excluding hydrogens is 418 g/mol. The summed E-state index contributed by atoms with van der Waals surface area (Å²) in [5.74, 6) is 0.0979. The summed E-state index contributed by atoms with van der Waals surface area (Å²) in [5.41, 5.74) is 1.02. The molecule has 2 amide bonds. The number of carbonyl (C=O) groups is 2. The molecule has 0 radical (unpaired) electrons. The second-order valence-electron chi connectivity index (χ2n) is 7.43. The highest BCUT2D eigenvalue weighted by Gasteiger charge is 2.39. The summed E-state index contributed by atoms with van der Waals surface area (Å²) in [6, 6.07) is 10.6. The van der Waals surface area contributed by atoms with Crippen LogP contribution in [0.3, 0.4) is 0 Å². The van der Waals surface area contributed by atoms with Crippen molar-refractivity contribution in [3.8, 4) is 11.5 Å². The van der Waals surface area contributed by atoms with Crippen molar-refractivity contribution in [3.05, 3.63) is 63.8 Å². The minimum Gasteiger partial charge on any atom is -0.454 e. The lowest BCUT2D eigenvalue weighted by Gasteiger charge is -2.16. The van der Waals surface area contributed by atoms with E-state index in [1.807, 2.05) is 13.8 Å². The molecule has 2 aromatic rings. The molecule has 0 atom stereocenters. The van der Waals surface area contributed by atoms with Crippen molar-refractivity contribution >= 4 is 28.8 Å². The van der Waals surface area contributed by atoms with Crippen LogP contribution in [-0.4, -0.2) is 47.7 Å². The number of non-ortho nitro benzene ring substituents is 1. The molecule has 10 nitrogen and oxygen atoms in total. The number of amides is 2. The lowest BCUT2D eigenvalue weighted by Crippen LogP contribution is -2.35. The van der Waals surface area contributed by atoms with E-state index in [2.05, 4.69) is 5.32 Å². The van der Waals surface area contributed by atoms with Gasteiger partial charge in [0.15, 0.2) is 11.5 Å². The van der Waals surface area contributed by atoms with E-state index < -0.39 is 16.7 Å². The zero-order valence-corrected chi connectivity index (χ0v) is 17.5. The van der Waals surface area contributed by atoms with E-state index in [-0.39, 0.29) is 43.0 Å². The van der Waals surface area contributed by atoms with Gasteiger partial charge in [-0.1, -0.05) is 0 Å². The number of anilines is 1. The van der Waals surface area contributed by atoms with Gasteiger partial charge in [-0.3, -0.25) is 24.6 Å². The van der Waals surface area contributed by atoms with Crippen molar-refractivity contribution in [2.75, 3.05) is 25.3 Å². The molecule has 32 heavy (non-hydrogen) atoms. The summed E-state index contributed by atoms with van der Waals surface area (Å²) < 4.78 is 16.2. The van der Waals surface area contributed by atoms with Gasteiger partial charge in [-0.15, -0.1) is 0 Å². The number of carbonyl (C=O) groups excluding carboxylic acids is 2. The number of hydrogen-bond donors (Lipinski definition) is 1.